The molecule has 7 nitrogen and oxygen atoms in total. The van der Waals surface area contributed by atoms with Gasteiger partial charge in [0, 0.05) is 41.3 Å². The number of rotatable bonds is 8. The number of likely N-dealkylation sites (tertiary alicyclic amines) is 1. The Hall–Kier alpha value is -4.47. The van der Waals surface area contributed by atoms with Crippen LogP contribution in [0.5, 0.6) is 5.75 Å². The number of carbonyl (C=O) groups excluding carboxylic acids is 1. The summed E-state index contributed by atoms with van der Waals surface area (Å²) in [5.41, 5.74) is 3.57. The maximum absolute atomic E-state index is 16.0. The molecule has 1 aliphatic heterocycles. The maximum atomic E-state index is 16.0. The van der Waals surface area contributed by atoms with Crippen LogP contribution in [0.25, 0.3) is 33.5 Å². The Labute approximate surface area is 293 Å². The van der Waals surface area contributed by atoms with Gasteiger partial charge in [-0.15, -0.1) is 12.4 Å². The third-order valence-electron chi connectivity index (χ3n) is 9.42. The molecule has 2 fully saturated rings. The number of halogens is 4. The zero-order valence-corrected chi connectivity index (χ0v) is 28.2. The quantitative estimate of drug-likeness (QED) is 0.174. The van der Waals surface area contributed by atoms with E-state index >= 15 is 8.78 Å². The van der Waals surface area contributed by atoms with Crippen LogP contribution in [0.4, 0.5) is 8.78 Å². The van der Waals surface area contributed by atoms with Crippen molar-refractivity contribution in [2.24, 2.45) is 0 Å². The monoisotopic (exact) mass is 705 g/mol. The van der Waals surface area contributed by atoms with Crippen molar-refractivity contribution < 1.29 is 28.2 Å². The molecule has 0 radical (unpaired) electrons. The molecule has 7 rings (SSSR count). The van der Waals surface area contributed by atoms with Gasteiger partial charge >= 0.3 is 5.97 Å². The van der Waals surface area contributed by atoms with E-state index in [0.29, 0.717) is 46.7 Å². The molecule has 1 N–H and O–H groups in total. The molecular weight excluding hydrogens is 671 g/mol. The maximum Gasteiger partial charge on any atom is 0.335 e. The van der Waals surface area contributed by atoms with Gasteiger partial charge in [-0.1, -0.05) is 36.9 Å². The van der Waals surface area contributed by atoms with Gasteiger partial charge in [-0.3, -0.25) is 4.79 Å². The van der Waals surface area contributed by atoms with E-state index in [2.05, 4.69) is 4.57 Å². The molecule has 11 heteroatoms. The van der Waals surface area contributed by atoms with Crippen LogP contribution in [0.2, 0.25) is 5.02 Å². The molecule has 2 heterocycles. The van der Waals surface area contributed by atoms with E-state index < -0.39 is 17.6 Å². The fraction of sp³-hybridized carbons (Fsp3) is 0.289. The molecule has 2 aliphatic rings. The highest BCUT2D eigenvalue weighted by Gasteiger charge is 2.25. The molecule has 49 heavy (non-hydrogen) atoms. The summed E-state index contributed by atoms with van der Waals surface area (Å²) in [5.74, 6) is -1.50. The minimum atomic E-state index is -1.05. The standard InChI is InChI=1S/C38H34ClF2N3O4.ClH/c39-26-10-13-30(32(40)20-26)29-12-8-23(37(45)43-16-4-5-17-43)18-25(29)22-48-28-11-14-31(33(41)21-28)36-42-34-19-24(38(46)47)9-15-35(34)44(36)27-6-2-1-3-7-27;/h8-15,18-21,27H,1-7,16-17,22H2,(H,46,47);1H. The number of benzene rings is 4. The molecule has 254 valence electrons. The first kappa shape index (κ1) is 34.4. The highest BCUT2D eigenvalue weighted by molar-refractivity contribution is 6.30. The zero-order valence-electron chi connectivity index (χ0n) is 26.6. The first-order chi connectivity index (χ1) is 23.3. The van der Waals surface area contributed by atoms with E-state index in [1.165, 1.54) is 18.2 Å². The first-order valence-electron chi connectivity index (χ1n) is 16.3. The van der Waals surface area contributed by atoms with Crippen molar-refractivity contribution in [2.45, 2.75) is 57.6 Å². The number of nitrogens with zero attached hydrogens (tertiary/aromatic N) is 3. The largest absolute Gasteiger partial charge is 0.489 e. The lowest BCUT2D eigenvalue weighted by Crippen LogP contribution is -2.27. The van der Waals surface area contributed by atoms with Gasteiger partial charge in [0.15, 0.2) is 0 Å². The summed E-state index contributed by atoms with van der Waals surface area (Å²) in [6.07, 6.45) is 7.02. The molecule has 0 atom stereocenters. The number of carboxylic acid groups (broad SMARTS) is 1. The predicted molar refractivity (Wildman–Crippen MR) is 188 cm³/mol. The molecule has 1 aliphatic carbocycles. The SMILES string of the molecule is Cl.O=C(O)c1ccc2c(c1)nc(-c1ccc(OCc3cc(C(=O)N4CCCC4)ccc3-c3ccc(Cl)cc3F)cc1F)n2C1CCCCC1. The van der Waals surface area contributed by atoms with Crippen LogP contribution in [-0.4, -0.2) is 44.5 Å². The summed E-state index contributed by atoms with van der Waals surface area (Å²) < 4.78 is 39.2. The molecule has 4 aromatic carbocycles. The Morgan fingerprint density at radius 3 is 2.22 bits per heavy atom. The summed E-state index contributed by atoms with van der Waals surface area (Å²) in [6, 6.07) is 19.1. The summed E-state index contributed by atoms with van der Waals surface area (Å²) in [5, 5.41) is 9.81. The second-order valence-electron chi connectivity index (χ2n) is 12.5. The van der Waals surface area contributed by atoms with Crippen LogP contribution >= 0.6 is 24.0 Å². The molecule has 0 bridgehead atoms. The first-order valence-corrected chi connectivity index (χ1v) is 16.7. The molecule has 1 aromatic heterocycles. The molecule has 0 unspecified atom stereocenters. The van der Waals surface area contributed by atoms with Crippen LogP contribution in [0, 0.1) is 11.6 Å². The lowest BCUT2D eigenvalue weighted by Gasteiger charge is -2.25. The number of hydrogen-bond acceptors (Lipinski definition) is 4. The van der Waals surface area contributed by atoms with Gasteiger partial charge in [0.05, 0.1) is 22.2 Å². The Morgan fingerprint density at radius 1 is 0.816 bits per heavy atom. The molecule has 5 aromatic rings. The van der Waals surface area contributed by atoms with Crippen LogP contribution in [0.1, 0.15) is 77.3 Å². The number of fused-ring (bicyclic) bond motifs is 1. The van der Waals surface area contributed by atoms with Gasteiger partial charge in [-0.2, -0.15) is 0 Å². The van der Waals surface area contributed by atoms with E-state index in [1.807, 2.05) is 0 Å². The molecule has 1 amide bonds. The third kappa shape index (κ3) is 7.00. The number of amides is 1. The van der Waals surface area contributed by atoms with Crippen molar-refractivity contribution in [3.63, 3.8) is 0 Å². The third-order valence-corrected chi connectivity index (χ3v) is 9.65. The average molecular weight is 707 g/mol. The van der Waals surface area contributed by atoms with E-state index in [0.717, 1.165) is 50.5 Å². The number of aromatic carboxylic acids is 1. The Morgan fingerprint density at radius 2 is 1.51 bits per heavy atom. The number of hydrogen-bond donors (Lipinski definition) is 1. The van der Waals surface area contributed by atoms with Crippen molar-refractivity contribution in [1.29, 1.82) is 0 Å². The summed E-state index contributed by atoms with van der Waals surface area (Å²) >= 11 is 6.01. The highest BCUT2D eigenvalue weighted by atomic mass is 35.5. The van der Waals surface area contributed by atoms with Crippen molar-refractivity contribution >= 4 is 46.9 Å². The summed E-state index contributed by atoms with van der Waals surface area (Å²) in [4.78, 5) is 31.4. The Kier molecular flexibility index (Phi) is 10.2. The fourth-order valence-corrected chi connectivity index (χ4v) is 7.14. The fourth-order valence-electron chi connectivity index (χ4n) is 6.98. The van der Waals surface area contributed by atoms with Gasteiger partial charge in [0.2, 0.25) is 0 Å². The normalized spacial score (nSPS) is 15.0. The van der Waals surface area contributed by atoms with Crippen LogP contribution in [0.3, 0.4) is 0 Å². The van der Waals surface area contributed by atoms with E-state index in [1.54, 1.807) is 59.5 Å². The van der Waals surface area contributed by atoms with Crippen molar-refractivity contribution in [2.75, 3.05) is 13.1 Å². The number of ether oxygens (including phenoxy) is 1. The van der Waals surface area contributed by atoms with Crippen molar-refractivity contribution in [3.05, 3.63) is 106 Å². The minimum Gasteiger partial charge on any atom is -0.489 e. The average Bonchev–Trinajstić information content (AvgIpc) is 3.76. The minimum absolute atomic E-state index is 0. The van der Waals surface area contributed by atoms with Crippen molar-refractivity contribution in [1.82, 2.24) is 14.5 Å². The summed E-state index contributed by atoms with van der Waals surface area (Å²) in [7, 11) is 0. The van der Waals surface area contributed by atoms with Gasteiger partial charge in [0.25, 0.3) is 5.91 Å². The number of carbonyl (C=O) groups is 2. The van der Waals surface area contributed by atoms with E-state index in [-0.39, 0.29) is 52.9 Å². The molecular formula is C38H35Cl2F2N3O4. The zero-order chi connectivity index (χ0) is 33.4. The smallest absolute Gasteiger partial charge is 0.335 e. The molecule has 0 spiro atoms. The van der Waals surface area contributed by atoms with Gasteiger partial charge < -0.3 is 19.3 Å². The number of aromatic nitrogens is 2. The molecule has 1 saturated heterocycles. The highest BCUT2D eigenvalue weighted by Crippen LogP contribution is 2.38. The second kappa shape index (κ2) is 14.6. The van der Waals surface area contributed by atoms with Crippen molar-refractivity contribution in [3.8, 4) is 28.3 Å². The van der Waals surface area contributed by atoms with Crippen LogP contribution < -0.4 is 4.74 Å². The Balaban J connectivity index is 0.00000417. The van der Waals surface area contributed by atoms with Gasteiger partial charge in [-0.25, -0.2) is 18.6 Å². The summed E-state index contributed by atoms with van der Waals surface area (Å²) in [6.45, 7) is 1.34. The number of imidazole rings is 1. The second-order valence-corrected chi connectivity index (χ2v) is 13.0. The lowest BCUT2D eigenvalue weighted by atomic mass is 9.94. The molecule has 1 saturated carbocycles. The van der Waals surface area contributed by atoms with Crippen LogP contribution in [-0.2, 0) is 6.61 Å². The number of carboxylic acids is 1. The topological polar surface area (TPSA) is 84.7 Å². The van der Waals surface area contributed by atoms with E-state index in [9.17, 15) is 14.7 Å². The van der Waals surface area contributed by atoms with Gasteiger partial charge in [0.1, 0.15) is 29.8 Å². The lowest BCUT2D eigenvalue weighted by molar-refractivity contribution is 0.0696. The predicted octanol–water partition coefficient (Wildman–Crippen LogP) is 9.74. The van der Waals surface area contributed by atoms with Crippen LogP contribution in [0.15, 0.2) is 72.8 Å². The van der Waals surface area contributed by atoms with E-state index in [4.69, 9.17) is 21.3 Å². The van der Waals surface area contributed by atoms with Gasteiger partial charge in [-0.05, 0) is 97.5 Å². The Bertz CT molecular complexity index is 2040.